The molecule has 2 amide bonds. The van der Waals surface area contributed by atoms with Crippen LogP contribution in [-0.4, -0.2) is 49.2 Å². The molecule has 0 spiro atoms. The van der Waals surface area contributed by atoms with Gasteiger partial charge in [-0.05, 0) is 28.8 Å². The summed E-state index contributed by atoms with van der Waals surface area (Å²) in [7, 11) is 1.61. The summed E-state index contributed by atoms with van der Waals surface area (Å²) in [6.45, 7) is 4.89. The fourth-order valence-corrected chi connectivity index (χ4v) is 3.24. The molecular weight excluding hydrogens is 395 g/mol. The smallest absolute Gasteiger partial charge is 0.379 e. The van der Waals surface area contributed by atoms with E-state index in [1.807, 2.05) is 12.1 Å². The van der Waals surface area contributed by atoms with Crippen LogP contribution >= 0.6 is 0 Å². The summed E-state index contributed by atoms with van der Waals surface area (Å²) in [5.41, 5.74) is 2.13. The molecule has 30 heavy (non-hydrogen) atoms. The number of carbonyl (C=O) groups excluding carboxylic acids is 1. The predicted octanol–water partition coefficient (Wildman–Crippen LogP) is 3.88. The van der Waals surface area contributed by atoms with Gasteiger partial charge in [0, 0.05) is 39.8 Å². The second-order valence-corrected chi connectivity index (χ2v) is 7.41. The Balaban J connectivity index is 1.45. The monoisotopic (exact) mass is 421 g/mol. The number of ether oxygens (including phenoxy) is 1. The van der Waals surface area contributed by atoms with E-state index >= 15 is 0 Å². The van der Waals surface area contributed by atoms with Crippen LogP contribution < -0.4 is 5.32 Å². The highest BCUT2D eigenvalue weighted by Gasteiger charge is 2.30. The first kappa shape index (κ1) is 22.1. The topological polar surface area (TPSA) is 44.8 Å². The largest absolute Gasteiger partial charge is 0.416 e. The van der Waals surface area contributed by atoms with Gasteiger partial charge >= 0.3 is 12.2 Å². The number of nitrogens with zero attached hydrogens (tertiary/aromatic N) is 2. The Kier molecular flexibility index (Phi) is 7.33. The summed E-state index contributed by atoms with van der Waals surface area (Å²) in [5.74, 6) is 0. The predicted molar refractivity (Wildman–Crippen MR) is 108 cm³/mol. The molecule has 8 heteroatoms. The summed E-state index contributed by atoms with van der Waals surface area (Å²) in [6, 6.07) is 12.6. The molecule has 1 saturated heterocycles. The number of morpholine rings is 1. The number of carbonyl (C=O) groups is 1. The van der Waals surface area contributed by atoms with Gasteiger partial charge in [-0.2, -0.15) is 13.2 Å². The number of hydrogen-bond acceptors (Lipinski definition) is 3. The number of rotatable bonds is 6. The van der Waals surface area contributed by atoms with E-state index in [4.69, 9.17) is 4.74 Å². The lowest BCUT2D eigenvalue weighted by Gasteiger charge is -2.26. The number of alkyl halides is 3. The van der Waals surface area contributed by atoms with Crippen LogP contribution in [0.4, 0.5) is 18.0 Å². The number of amides is 2. The lowest BCUT2D eigenvalue weighted by molar-refractivity contribution is -0.137. The summed E-state index contributed by atoms with van der Waals surface area (Å²) in [4.78, 5) is 16.1. The standard InChI is InChI=1S/C22H26F3N3O2/c1-27(15-18-6-8-20(9-7-18)22(23,24)25)21(29)26-14-17-2-4-19(5-3-17)16-28-10-12-30-13-11-28/h2-9H,10-16H2,1H3,(H,26,29). The molecule has 5 nitrogen and oxygen atoms in total. The van der Waals surface area contributed by atoms with Gasteiger partial charge in [0.05, 0.1) is 18.8 Å². The van der Waals surface area contributed by atoms with Crippen LogP contribution in [0.15, 0.2) is 48.5 Å². The van der Waals surface area contributed by atoms with Gasteiger partial charge < -0.3 is 15.0 Å². The fourth-order valence-electron chi connectivity index (χ4n) is 3.24. The van der Waals surface area contributed by atoms with Gasteiger partial charge in [-0.15, -0.1) is 0 Å². The molecule has 2 aromatic carbocycles. The number of nitrogens with one attached hydrogen (secondary N) is 1. The van der Waals surface area contributed by atoms with E-state index < -0.39 is 11.7 Å². The van der Waals surface area contributed by atoms with E-state index in [2.05, 4.69) is 22.3 Å². The molecular formula is C22H26F3N3O2. The number of urea groups is 1. The van der Waals surface area contributed by atoms with E-state index in [9.17, 15) is 18.0 Å². The summed E-state index contributed by atoms with van der Waals surface area (Å²) < 4.78 is 43.3. The average Bonchev–Trinajstić information content (AvgIpc) is 2.73. The molecule has 3 rings (SSSR count). The second kappa shape index (κ2) is 9.95. The molecule has 0 radical (unpaired) electrons. The molecule has 0 atom stereocenters. The van der Waals surface area contributed by atoms with Gasteiger partial charge in [0.15, 0.2) is 0 Å². The zero-order chi connectivity index (χ0) is 21.6. The molecule has 1 fully saturated rings. The van der Waals surface area contributed by atoms with E-state index in [0.29, 0.717) is 12.1 Å². The molecule has 1 aliphatic heterocycles. The van der Waals surface area contributed by atoms with Gasteiger partial charge in [-0.3, -0.25) is 4.90 Å². The van der Waals surface area contributed by atoms with Gasteiger partial charge in [0.2, 0.25) is 0 Å². The summed E-state index contributed by atoms with van der Waals surface area (Å²) >= 11 is 0. The number of halogens is 3. The van der Waals surface area contributed by atoms with Crippen LogP contribution in [0.1, 0.15) is 22.3 Å². The van der Waals surface area contributed by atoms with Crippen LogP contribution in [0.3, 0.4) is 0 Å². The Labute approximate surface area is 174 Å². The van der Waals surface area contributed by atoms with Crippen LogP contribution in [0, 0.1) is 0 Å². The van der Waals surface area contributed by atoms with Crippen LogP contribution in [-0.2, 0) is 30.5 Å². The van der Waals surface area contributed by atoms with Crippen molar-refractivity contribution in [1.29, 1.82) is 0 Å². The molecule has 1 aliphatic rings. The maximum absolute atomic E-state index is 12.6. The highest BCUT2D eigenvalue weighted by Crippen LogP contribution is 2.29. The Morgan fingerprint density at radius 2 is 1.57 bits per heavy atom. The fraction of sp³-hybridized carbons (Fsp3) is 0.409. The molecule has 162 valence electrons. The molecule has 1 N–H and O–H groups in total. The molecule has 0 saturated carbocycles. The van der Waals surface area contributed by atoms with Gasteiger partial charge in [-0.1, -0.05) is 36.4 Å². The van der Waals surface area contributed by atoms with Crippen molar-refractivity contribution in [2.75, 3.05) is 33.4 Å². The van der Waals surface area contributed by atoms with Crippen molar-refractivity contribution in [2.45, 2.75) is 25.8 Å². The Hall–Kier alpha value is -2.58. The molecule has 0 aromatic heterocycles. The van der Waals surface area contributed by atoms with Gasteiger partial charge in [-0.25, -0.2) is 4.79 Å². The van der Waals surface area contributed by atoms with E-state index in [1.54, 1.807) is 7.05 Å². The highest BCUT2D eigenvalue weighted by molar-refractivity contribution is 5.73. The third kappa shape index (κ3) is 6.47. The third-order valence-electron chi connectivity index (χ3n) is 5.02. The molecule has 2 aromatic rings. The zero-order valence-corrected chi connectivity index (χ0v) is 16.9. The van der Waals surface area contributed by atoms with E-state index in [0.717, 1.165) is 50.5 Å². The minimum atomic E-state index is -4.36. The third-order valence-corrected chi connectivity index (χ3v) is 5.02. The minimum absolute atomic E-state index is 0.225. The molecule has 0 unspecified atom stereocenters. The minimum Gasteiger partial charge on any atom is -0.379 e. The first-order valence-electron chi connectivity index (χ1n) is 9.84. The van der Waals surface area contributed by atoms with Crippen molar-refractivity contribution in [1.82, 2.24) is 15.1 Å². The molecule has 0 bridgehead atoms. The van der Waals surface area contributed by atoms with Crippen molar-refractivity contribution in [2.24, 2.45) is 0 Å². The maximum Gasteiger partial charge on any atom is 0.416 e. The Morgan fingerprint density at radius 3 is 2.17 bits per heavy atom. The van der Waals surface area contributed by atoms with E-state index in [1.165, 1.54) is 22.6 Å². The normalized spacial score (nSPS) is 15.1. The van der Waals surface area contributed by atoms with Crippen LogP contribution in [0.5, 0.6) is 0 Å². The number of benzene rings is 2. The second-order valence-electron chi connectivity index (χ2n) is 7.41. The Morgan fingerprint density at radius 1 is 1.00 bits per heavy atom. The number of hydrogen-bond donors (Lipinski definition) is 1. The maximum atomic E-state index is 12.6. The van der Waals surface area contributed by atoms with Gasteiger partial charge in [0.1, 0.15) is 0 Å². The van der Waals surface area contributed by atoms with Crippen molar-refractivity contribution >= 4 is 6.03 Å². The van der Waals surface area contributed by atoms with Crippen molar-refractivity contribution in [3.8, 4) is 0 Å². The van der Waals surface area contributed by atoms with Crippen LogP contribution in [0.25, 0.3) is 0 Å². The zero-order valence-electron chi connectivity index (χ0n) is 16.9. The van der Waals surface area contributed by atoms with Crippen molar-refractivity contribution in [3.05, 3.63) is 70.8 Å². The lowest BCUT2D eigenvalue weighted by Crippen LogP contribution is -2.36. The SMILES string of the molecule is CN(Cc1ccc(C(F)(F)F)cc1)C(=O)NCc1ccc(CN2CCOCC2)cc1. The average molecular weight is 421 g/mol. The molecule has 1 heterocycles. The lowest BCUT2D eigenvalue weighted by atomic mass is 10.1. The molecule has 0 aliphatic carbocycles. The highest BCUT2D eigenvalue weighted by atomic mass is 19.4. The van der Waals surface area contributed by atoms with Gasteiger partial charge in [0.25, 0.3) is 0 Å². The quantitative estimate of drug-likeness (QED) is 0.770. The summed E-state index contributed by atoms with van der Waals surface area (Å²) in [6.07, 6.45) is -4.36. The first-order chi connectivity index (χ1) is 14.3. The first-order valence-corrected chi connectivity index (χ1v) is 9.84. The summed E-state index contributed by atoms with van der Waals surface area (Å²) in [5, 5.41) is 2.84. The van der Waals surface area contributed by atoms with Crippen molar-refractivity contribution < 1.29 is 22.7 Å². The van der Waals surface area contributed by atoms with E-state index in [-0.39, 0.29) is 12.6 Å². The van der Waals surface area contributed by atoms with Crippen molar-refractivity contribution in [3.63, 3.8) is 0 Å². The Bertz CT molecular complexity index is 817. The van der Waals surface area contributed by atoms with Crippen LogP contribution in [0.2, 0.25) is 0 Å².